The molecule has 1 amide bonds. The minimum atomic E-state index is -0.588. The quantitative estimate of drug-likeness (QED) is 0.769. The molecule has 7 heteroatoms. The van der Waals surface area contributed by atoms with Gasteiger partial charge in [-0.15, -0.1) is 0 Å². The van der Waals surface area contributed by atoms with Crippen LogP contribution in [0.25, 0.3) is 11.0 Å². The predicted molar refractivity (Wildman–Crippen MR) is 85.2 cm³/mol. The molecule has 3 rings (SSSR count). The van der Waals surface area contributed by atoms with Crippen molar-refractivity contribution in [1.82, 2.24) is 9.97 Å². The van der Waals surface area contributed by atoms with Crippen LogP contribution in [0, 0.1) is 0 Å². The highest BCUT2D eigenvalue weighted by Gasteiger charge is 2.09. The number of methoxy groups -OCH3 is 2. The number of nitrogens with zero attached hydrogens (tertiary/aromatic N) is 1. The Bertz CT molecular complexity index is 844. The second-order valence-electron chi connectivity index (χ2n) is 4.63. The molecule has 0 fully saturated rings. The number of fused-ring (bicyclic) bond motifs is 1. The first kappa shape index (κ1) is 14.7. The van der Waals surface area contributed by atoms with Gasteiger partial charge in [0.25, 0.3) is 0 Å². The number of para-hydroxylation sites is 2. The SMILES string of the molecule is COC(=O)Nc1nc2ccc(Oc3ccccc3OC)cc2[nH]1. The molecule has 0 aliphatic carbocycles. The number of anilines is 1. The number of nitrogens with one attached hydrogen (secondary N) is 2. The predicted octanol–water partition coefficient (Wildman–Crippen LogP) is 3.54. The van der Waals surface area contributed by atoms with Crippen molar-refractivity contribution in [1.29, 1.82) is 0 Å². The first-order chi connectivity index (χ1) is 11.2. The van der Waals surface area contributed by atoms with Crippen molar-refractivity contribution >= 4 is 23.1 Å². The molecule has 0 atom stereocenters. The van der Waals surface area contributed by atoms with Crippen molar-refractivity contribution in [2.24, 2.45) is 0 Å². The average Bonchev–Trinajstić information content (AvgIpc) is 2.96. The highest BCUT2D eigenvalue weighted by Crippen LogP contribution is 2.32. The van der Waals surface area contributed by atoms with Crippen molar-refractivity contribution in [3.05, 3.63) is 42.5 Å². The van der Waals surface area contributed by atoms with Gasteiger partial charge in [-0.2, -0.15) is 0 Å². The minimum absolute atomic E-state index is 0.307. The Morgan fingerprint density at radius 2 is 1.91 bits per heavy atom. The minimum Gasteiger partial charge on any atom is -0.493 e. The zero-order chi connectivity index (χ0) is 16.2. The van der Waals surface area contributed by atoms with Crippen LogP contribution in [0.4, 0.5) is 10.7 Å². The number of hydrogen-bond acceptors (Lipinski definition) is 5. The fraction of sp³-hybridized carbons (Fsp3) is 0.125. The lowest BCUT2D eigenvalue weighted by Crippen LogP contribution is -2.11. The van der Waals surface area contributed by atoms with Gasteiger partial charge in [0.1, 0.15) is 5.75 Å². The molecule has 0 bridgehead atoms. The van der Waals surface area contributed by atoms with Crippen molar-refractivity contribution in [2.75, 3.05) is 19.5 Å². The van der Waals surface area contributed by atoms with E-state index in [-0.39, 0.29) is 0 Å². The number of carbonyl (C=O) groups excluding carboxylic acids is 1. The summed E-state index contributed by atoms with van der Waals surface area (Å²) in [7, 11) is 2.88. The average molecular weight is 313 g/mol. The number of benzene rings is 2. The molecule has 1 heterocycles. The third kappa shape index (κ3) is 3.18. The largest absolute Gasteiger partial charge is 0.493 e. The summed E-state index contributed by atoms with van der Waals surface area (Å²) in [6.07, 6.45) is -0.588. The number of rotatable bonds is 4. The molecule has 0 radical (unpaired) electrons. The summed E-state index contributed by atoms with van der Waals surface area (Å²) >= 11 is 0. The fourth-order valence-electron chi connectivity index (χ4n) is 2.09. The van der Waals surface area contributed by atoms with E-state index < -0.39 is 6.09 Å². The summed E-state index contributed by atoms with van der Waals surface area (Å²) in [6, 6.07) is 12.7. The maximum absolute atomic E-state index is 11.2. The molecule has 0 spiro atoms. The van der Waals surface area contributed by atoms with Gasteiger partial charge in [0.15, 0.2) is 11.5 Å². The van der Waals surface area contributed by atoms with Crippen LogP contribution in [-0.4, -0.2) is 30.3 Å². The second-order valence-corrected chi connectivity index (χ2v) is 4.63. The van der Waals surface area contributed by atoms with Crippen LogP contribution in [0.15, 0.2) is 42.5 Å². The van der Waals surface area contributed by atoms with Crippen LogP contribution < -0.4 is 14.8 Å². The zero-order valence-corrected chi connectivity index (χ0v) is 12.6. The molecule has 0 unspecified atom stereocenters. The smallest absolute Gasteiger partial charge is 0.413 e. The molecule has 23 heavy (non-hydrogen) atoms. The van der Waals surface area contributed by atoms with E-state index in [0.29, 0.717) is 28.7 Å². The maximum Gasteiger partial charge on any atom is 0.413 e. The molecule has 2 N–H and O–H groups in total. The van der Waals surface area contributed by atoms with Crippen LogP contribution in [-0.2, 0) is 4.74 Å². The summed E-state index contributed by atoms with van der Waals surface area (Å²) in [4.78, 5) is 18.4. The van der Waals surface area contributed by atoms with Crippen molar-refractivity contribution in [3.63, 3.8) is 0 Å². The molecule has 118 valence electrons. The Morgan fingerprint density at radius 3 is 2.65 bits per heavy atom. The van der Waals surface area contributed by atoms with E-state index in [1.165, 1.54) is 7.11 Å². The van der Waals surface area contributed by atoms with E-state index in [1.807, 2.05) is 24.3 Å². The van der Waals surface area contributed by atoms with Crippen molar-refractivity contribution in [2.45, 2.75) is 0 Å². The summed E-state index contributed by atoms with van der Waals surface area (Å²) in [6.45, 7) is 0. The second kappa shape index (κ2) is 6.27. The molecule has 7 nitrogen and oxygen atoms in total. The lowest BCUT2D eigenvalue weighted by atomic mass is 10.3. The molecule has 0 saturated heterocycles. The van der Waals surface area contributed by atoms with Crippen LogP contribution in [0.3, 0.4) is 0 Å². The van der Waals surface area contributed by atoms with Gasteiger partial charge >= 0.3 is 6.09 Å². The maximum atomic E-state index is 11.2. The van der Waals surface area contributed by atoms with Crippen molar-refractivity contribution in [3.8, 4) is 17.2 Å². The van der Waals surface area contributed by atoms with Gasteiger partial charge in [-0.05, 0) is 24.3 Å². The van der Waals surface area contributed by atoms with Crippen LogP contribution in [0.1, 0.15) is 0 Å². The number of imidazole rings is 1. The normalized spacial score (nSPS) is 10.3. The lowest BCUT2D eigenvalue weighted by Gasteiger charge is -2.09. The molecule has 0 saturated carbocycles. The number of aromatic amines is 1. The molecule has 0 aliphatic heterocycles. The fourth-order valence-corrected chi connectivity index (χ4v) is 2.09. The van der Waals surface area contributed by atoms with Gasteiger partial charge in [0.2, 0.25) is 5.95 Å². The van der Waals surface area contributed by atoms with E-state index in [9.17, 15) is 4.79 Å². The third-order valence-electron chi connectivity index (χ3n) is 3.16. The topological polar surface area (TPSA) is 85.5 Å². The van der Waals surface area contributed by atoms with Crippen LogP contribution >= 0.6 is 0 Å². The Balaban J connectivity index is 1.86. The van der Waals surface area contributed by atoms with E-state index in [4.69, 9.17) is 9.47 Å². The number of carbonyl (C=O) groups is 1. The van der Waals surface area contributed by atoms with Gasteiger partial charge < -0.3 is 19.2 Å². The molecular weight excluding hydrogens is 298 g/mol. The standard InChI is InChI=1S/C16H15N3O4/c1-21-13-5-3-4-6-14(13)23-10-7-8-11-12(9-10)18-15(17-11)19-16(20)22-2/h3-9H,1-2H3,(H2,17,18,19,20). The zero-order valence-electron chi connectivity index (χ0n) is 12.6. The molecule has 2 aromatic carbocycles. The highest BCUT2D eigenvalue weighted by molar-refractivity contribution is 5.86. The van der Waals surface area contributed by atoms with Gasteiger partial charge in [0, 0.05) is 6.07 Å². The Morgan fingerprint density at radius 1 is 1.13 bits per heavy atom. The first-order valence-electron chi connectivity index (χ1n) is 6.85. The monoisotopic (exact) mass is 313 g/mol. The number of amides is 1. The number of aromatic nitrogens is 2. The number of H-pyrrole nitrogens is 1. The number of ether oxygens (including phenoxy) is 3. The Kier molecular flexibility index (Phi) is 4.01. The van der Waals surface area contributed by atoms with Crippen LogP contribution in [0.2, 0.25) is 0 Å². The number of hydrogen-bond donors (Lipinski definition) is 2. The van der Waals surface area contributed by atoms with E-state index >= 15 is 0 Å². The Labute approximate surface area is 132 Å². The lowest BCUT2D eigenvalue weighted by molar-refractivity contribution is 0.186. The molecule has 1 aromatic heterocycles. The molecular formula is C16H15N3O4. The van der Waals surface area contributed by atoms with Gasteiger partial charge in [0.05, 0.1) is 25.3 Å². The Hall–Kier alpha value is -3.22. The van der Waals surface area contributed by atoms with Gasteiger partial charge in [-0.3, -0.25) is 5.32 Å². The first-order valence-corrected chi connectivity index (χ1v) is 6.85. The highest BCUT2D eigenvalue weighted by atomic mass is 16.5. The van der Waals surface area contributed by atoms with Gasteiger partial charge in [-0.1, -0.05) is 12.1 Å². The molecule has 3 aromatic rings. The summed E-state index contributed by atoms with van der Waals surface area (Å²) in [5, 5.41) is 2.48. The van der Waals surface area contributed by atoms with E-state index in [1.54, 1.807) is 25.3 Å². The van der Waals surface area contributed by atoms with Crippen LogP contribution in [0.5, 0.6) is 17.2 Å². The summed E-state index contributed by atoms with van der Waals surface area (Å²) in [5.41, 5.74) is 1.42. The molecule has 0 aliphatic rings. The van der Waals surface area contributed by atoms with E-state index in [2.05, 4.69) is 20.0 Å². The van der Waals surface area contributed by atoms with Crippen molar-refractivity contribution < 1.29 is 19.0 Å². The van der Waals surface area contributed by atoms with E-state index in [0.717, 1.165) is 5.52 Å². The summed E-state index contributed by atoms with van der Waals surface area (Å²) in [5.74, 6) is 2.18. The third-order valence-corrected chi connectivity index (χ3v) is 3.16. The summed E-state index contributed by atoms with van der Waals surface area (Å²) < 4.78 is 15.6. The van der Waals surface area contributed by atoms with Gasteiger partial charge in [-0.25, -0.2) is 9.78 Å².